The van der Waals surface area contributed by atoms with Crippen molar-refractivity contribution >= 4 is 50.6 Å². The molecule has 0 saturated heterocycles. The molecule has 3 heterocycles. The van der Waals surface area contributed by atoms with Gasteiger partial charge in [-0.1, -0.05) is 41.9 Å². The maximum atomic E-state index is 12.3. The summed E-state index contributed by atoms with van der Waals surface area (Å²) in [6.45, 7) is 0.508. The molecule has 5 aromatic rings. The first-order chi connectivity index (χ1) is 16.1. The smallest absolute Gasteiger partial charge is 0.258 e. The number of anilines is 2. The predicted molar refractivity (Wildman–Crippen MR) is 132 cm³/mol. The summed E-state index contributed by atoms with van der Waals surface area (Å²) in [6.07, 6.45) is 4.58. The molecule has 7 nitrogen and oxygen atoms in total. The van der Waals surface area contributed by atoms with Gasteiger partial charge in [-0.15, -0.1) is 0 Å². The standard InChI is InChI=1S/C24H17BrClN5O2/c25-19-13-28-31-22(11-21(30-23(19)31)18-6-1-2-7-20(18)26)27-12-15-4-3-5-17(10-15)29-24(32)16-8-9-33-14-16/h1-11,13-14,27H,12H2,(H,29,32). The number of carbonyl (C=O) groups excluding carboxylic acids is 1. The van der Waals surface area contributed by atoms with E-state index in [4.69, 9.17) is 21.0 Å². The van der Waals surface area contributed by atoms with E-state index >= 15 is 0 Å². The minimum absolute atomic E-state index is 0.226. The molecular weight excluding hydrogens is 506 g/mol. The number of fused-ring (bicyclic) bond motifs is 1. The third-order valence-corrected chi connectivity index (χ3v) is 5.91. The van der Waals surface area contributed by atoms with E-state index in [0.717, 1.165) is 27.1 Å². The van der Waals surface area contributed by atoms with E-state index in [1.165, 1.54) is 12.5 Å². The number of nitrogens with one attached hydrogen (secondary N) is 2. The molecule has 0 saturated carbocycles. The zero-order valence-corrected chi connectivity index (χ0v) is 19.5. The molecule has 0 aliphatic rings. The quantitative estimate of drug-likeness (QED) is 0.275. The summed E-state index contributed by atoms with van der Waals surface area (Å²) < 4.78 is 7.49. The largest absolute Gasteiger partial charge is 0.472 e. The number of aromatic nitrogens is 3. The molecule has 0 aliphatic carbocycles. The summed E-state index contributed by atoms with van der Waals surface area (Å²) in [5.74, 6) is 0.531. The minimum Gasteiger partial charge on any atom is -0.472 e. The van der Waals surface area contributed by atoms with Gasteiger partial charge in [-0.3, -0.25) is 4.79 Å². The van der Waals surface area contributed by atoms with Crippen molar-refractivity contribution in [1.82, 2.24) is 14.6 Å². The van der Waals surface area contributed by atoms with Gasteiger partial charge in [-0.05, 0) is 45.8 Å². The van der Waals surface area contributed by atoms with Crippen molar-refractivity contribution in [1.29, 1.82) is 0 Å². The number of amides is 1. The van der Waals surface area contributed by atoms with Crippen LogP contribution < -0.4 is 10.6 Å². The second kappa shape index (κ2) is 9.09. The molecule has 0 fully saturated rings. The fourth-order valence-electron chi connectivity index (χ4n) is 3.42. The number of rotatable bonds is 6. The molecule has 0 aliphatic heterocycles. The van der Waals surface area contributed by atoms with Crippen LogP contribution in [0.4, 0.5) is 11.5 Å². The van der Waals surface area contributed by atoms with Gasteiger partial charge in [0.2, 0.25) is 0 Å². The van der Waals surface area contributed by atoms with Gasteiger partial charge in [0.25, 0.3) is 5.91 Å². The van der Waals surface area contributed by atoms with Gasteiger partial charge < -0.3 is 15.1 Å². The van der Waals surface area contributed by atoms with Crippen LogP contribution in [-0.2, 0) is 6.54 Å². The van der Waals surface area contributed by atoms with Gasteiger partial charge in [0.05, 0.1) is 28.2 Å². The average molecular weight is 523 g/mol. The highest BCUT2D eigenvalue weighted by Crippen LogP contribution is 2.30. The van der Waals surface area contributed by atoms with Gasteiger partial charge in [0.15, 0.2) is 5.65 Å². The van der Waals surface area contributed by atoms with Crippen molar-refractivity contribution < 1.29 is 9.21 Å². The van der Waals surface area contributed by atoms with Crippen molar-refractivity contribution in [2.75, 3.05) is 10.6 Å². The lowest BCUT2D eigenvalue weighted by atomic mass is 10.1. The van der Waals surface area contributed by atoms with E-state index in [1.54, 1.807) is 16.8 Å². The van der Waals surface area contributed by atoms with Gasteiger partial charge in [-0.25, -0.2) is 4.98 Å². The van der Waals surface area contributed by atoms with Crippen LogP contribution in [0.1, 0.15) is 15.9 Å². The second-order valence-corrected chi connectivity index (χ2v) is 8.52. The molecule has 0 atom stereocenters. The SMILES string of the molecule is O=C(Nc1cccc(CNc2cc(-c3ccccc3Cl)nc3c(Br)cnn23)c1)c1ccoc1. The zero-order chi connectivity index (χ0) is 22.8. The predicted octanol–water partition coefficient (Wildman–Crippen LogP) is 6.27. The molecule has 5 rings (SSSR count). The summed E-state index contributed by atoms with van der Waals surface area (Å²) in [6, 6.07) is 18.7. The van der Waals surface area contributed by atoms with E-state index in [9.17, 15) is 4.79 Å². The fraction of sp³-hybridized carbons (Fsp3) is 0.0417. The van der Waals surface area contributed by atoms with E-state index in [0.29, 0.717) is 28.5 Å². The maximum absolute atomic E-state index is 12.3. The van der Waals surface area contributed by atoms with E-state index in [1.807, 2.05) is 54.6 Å². The summed E-state index contributed by atoms with van der Waals surface area (Å²) >= 11 is 9.93. The van der Waals surface area contributed by atoms with Crippen LogP contribution in [0.25, 0.3) is 16.9 Å². The Morgan fingerprint density at radius 1 is 1.12 bits per heavy atom. The van der Waals surface area contributed by atoms with Crippen LogP contribution in [0.3, 0.4) is 0 Å². The molecule has 0 unspecified atom stereocenters. The lowest BCUT2D eigenvalue weighted by Crippen LogP contribution is -2.11. The fourth-order valence-corrected chi connectivity index (χ4v) is 4.00. The number of benzene rings is 2. The first kappa shape index (κ1) is 21.2. The number of carbonyl (C=O) groups is 1. The first-order valence-corrected chi connectivity index (χ1v) is 11.2. The average Bonchev–Trinajstić information content (AvgIpc) is 3.49. The zero-order valence-electron chi connectivity index (χ0n) is 17.1. The van der Waals surface area contributed by atoms with E-state index in [2.05, 4.69) is 31.7 Å². The first-order valence-electron chi connectivity index (χ1n) is 10.0. The Labute approximate surface area is 202 Å². The van der Waals surface area contributed by atoms with Crippen LogP contribution in [0, 0.1) is 0 Å². The van der Waals surface area contributed by atoms with Crippen LogP contribution in [0.15, 0.2) is 88.3 Å². The van der Waals surface area contributed by atoms with Crippen molar-refractivity contribution in [2.24, 2.45) is 0 Å². The lowest BCUT2D eigenvalue weighted by molar-refractivity contribution is 0.102. The molecule has 0 spiro atoms. The molecule has 0 radical (unpaired) electrons. The molecular formula is C24H17BrClN5O2. The molecule has 2 aromatic carbocycles. The Morgan fingerprint density at radius 3 is 2.82 bits per heavy atom. The normalized spacial score (nSPS) is 11.0. The van der Waals surface area contributed by atoms with Gasteiger partial charge >= 0.3 is 0 Å². The number of hydrogen-bond acceptors (Lipinski definition) is 5. The van der Waals surface area contributed by atoms with Crippen LogP contribution >= 0.6 is 27.5 Å². The van der Waals surface area contributed by atoms with Gasteiger partial charge in [0, 0.05) is 28.9 Å². The second-order valence-electron chi connectivity index (χ2n) is 7.25. The van der Waals surface area contributed by atoms with Crippen LogP contribution in [0.5, 0.6) is 0 Å². The van der Waals surface area contributed by atoms with E-state index in [-0.39, 0.29) is 5.91 Å². The Kier molecular flexibility index (Phi) is 5.85. The molecule has 33 heavy (non-hydrogen) atoms. The third-order valence-electron chi connectivity index (χ3n) is 5.02. The summed E-state index contributed by atoms with van der Waals surface area (Å²) in [7, 11) is 0. The molecule has 0 bridgehead atoms. The Morgan fingerprint density at radius 2 is 2.00 bits per heavy atom. The van der Waals surface area contributed by atoms with E-state index < -0.39 is 0 Å². The molecule has 164 valence electrons. The highest BCUT2D eigenvalue weighted by atomic mass is 79.9. The summed E-state index contributed by atoms with van der Waals surface area (Å²) in [5, 5.41) is 11.3. The molecule has 9 heteroatoms. The highest BCUT2D eigenvalue weighted by molar-refractivity contribution is 9.10. The van der Waals surface area contributed by atoms with Crippen molar-refractivity contribution in [3.63, 3.8) is 0 Å². The van der Waals surface area contributed by atoms with Gasteiger partial charge in [0.1, 0.15) is 12.1 Å². The Balaban J connectivity index is 1.41. The minimum atomic E-state index is -0.226. The van der Waals surface area contributed by atoms with Crippen molar-refractivity contribution in [2.45, 2.75) is 6.54 Å². The summed E-state index contributed by atoms with van der Waals surface area (Å²) in [4.78, 5) is 17.0. The summed E-state index contributed by atoms with van der Waals surface area (Å²) in [5.41, 5.74) is 4.39. The number of hydrogen-bond donors (Lipinski definition) is 2. The lowest BCUT2D eigenvalue weighted by Gasteiger charge is -2.12. The molecule has 1 amide bonds. The topological polar surface area (TPSA) is 84.5 Å². The monoisotopic (exact) mass is 521 g/mol. The molecule has 3 aromatic heterocycles. The van der Waals surface area contributed by atoms with Crippen molar-refractivity contribution in [3.05, 3.63) is 100 Å². The molecule has 2 N–H and O–H groups in total. The van der Waals surface area contributed by atoms with Gasteiger partial charge in [-0.2, -0.15) is 9.61 Å². The number of halogens is 2. The van der Waals surface area contributed by atoms with Crippen molar-refractivity contribution in [3.8, 4) is 11.3 Å². The number of furan rings is 1. The maximum Gasteiger partial charge on any atom is 0.258 e. The van der Waals surface area contributed by atoms with Crippen LogP contribution in [0.2, 0.25) is 5.02 Å². The number of nitrogens with zero attached hydrogens (tertiary/aromatic N) is 3. The Bertz CT molecular complexity index is 1450. The third kappa shape index (κ3) is 4.48. The van der Waals surface area contributed by atoms with Crippen LogP contribution in [-0.4, -0.2) is 20.5 Å². The Hall–Kier alpha value is -3.62. The highest BCUT2D eigenvalue weighted by Gasteiger charge is 2.13.